The van der Waals surface area contributed by atoms with Crippen molar-refractivity contribution >= 4 is 16.9 Å². The van der Waals surface area contributed by atoms with E-state index in [9.17, 15) is 18.0 Å². The van der Waals surface area contributed by atoms with Crippen molar-refractivity contribution in [2.75, 3.05) is 0 Å². The van der Waals surface area contributed by atoms with Crippen LogP contribution in [0.25, 0.3) is 16.7 Å². The second kappa shape index (κ2) is 5.85. The Kier molecular flexibility index (Phi) is 3.86. The SMILES string of the molecule is NNC(=O)c1ccc2ncn(-c3ccc(OC(F)(F)F)cc3)c2c1. The zero-order valence-corrected chi connectivity index (χ0v) is 12.0. The predicted octanol–water partition coefficient (Wildman–Crippen LogP) is 2.53. The van der Waals surface area contributed by atoms with Gasteiger partial charge < -0.3 is 4.74 Å². The van der Waals surface area contributed by atoms with Gasteiger partial charge in [-0.2, -0.15) is 0 Å². The molecule has 1 amide bonds. The summed E-state index contributed by atoms with van der Waals surface area (Å²) >= 11 is 0. The minimum atomic E-state index is -4.74. The molecule has 124 valence electrons. The summed E-state index contributed by atoms with van der Waals surface area (Å²) in [4.78, 5) is 15.8. The molecule has 3 N–H and O–H groups in total. The Balaban J connectivity index is 1.98. The third-order valence-corrected chi connectivity index (χ3v) is 3.29. The molecular weight excluding hydrogens is 325 g/mol. The Labute approximate surface area is 133 Å². The average Bonchev–Trinajstić information content (AvgIpc) is 2.96. The standard InChI is InChI=1S/C15H11F3N4O2/c16-15(17,18)24-11-4-2-10(3-5-11)22-8-20-12-6-1-9(7-13(12)22)14(23)21-19/h1-8H,19H2,(H,21,23). The van der Waals surface area contributed by atoms with Crippen molar-refractivity contribution in [3.8, 4) is 11.4 Å². The number of imidazole rings is 1. The Morgan fingerprint density at radius 3 is 2.50 bits per heavy atom. The van der Waals surface area contributed by atoms with Gasteiger partial charge in [-0.15, -0.1) is 13.2 Å². The molecule has 0 aliphatic rings. The van der Waals surface area contributed by atoms with E-state index in [1.165, 1.54) is 30.6 Å². The Hall–Kier alpha value is -3.07. The van der Waals surface area contributed by atoms with E-state index in [-0.39, 0.29) is 5.75 Å². The lowest BCUT2D eigenvalue weighted by Crippen LogP contribution is -2.29. The van der Waals surface area contributed by atoms with E-state index in [1.807, 2.05) is 5.43 Å². The number of halogens is 3. The number of alkyl halides is 3. The number of fused-ring (bicyclic) bond motifs is 1. The highest BCUT2D eigenvalue weighted by Gasteiger charge is 2.31. The molecule has 0 bridgehead atoms. The van der Waals surface area contributed by atoms with Crippen LogP contribution in [0.2, 0.25) is 0 Å². The molecule has 1 heterocycles. The minimum absolute atomic E-state index is 0.320. The molecule has 1 aromatic heterocycles. The summed E-state index contributed by atoms with van der Waals surface area (Å²) in [6, 6.07) is 10.1. The lowest BCUT2D eigenvalue weighted by Gasteiger charge is -2.10. The van der Waals surface area contributed by atoms with Crippen LogP contribution in [0.15, 0.2) is 48.8 Å². The summed E-state index contributed by atoms with van der Waals surface area (Å²) in [5.74, 6) is 4.33. The third-order valence-electron chi connectivity index (χ3n) is 3.29. The summed E-state index contributed by atoms with van der Waals surface area (Å²) in [7, 11) is 0. The van der Waals surface area contributed by atoms with Crippen molar-refractivity contribution in [3.63, 3.8) is 0 Å². The van der Waals surface area contributed by atoms with Crippen molar-refractivity contribution in [2.24, 2.45) is 5.84 Å². The van der Waals surface area contributed by atoms with Gasteiger partial charge in [-0.3, -0.25) is 14.8 Å². The fourth-order valence-electron chi connectivity index (χ4n) is 2.25. The first kappa shape index (κ1) is 15.8. The van der Waals surface area contributed by atoms with E-state index in [0.29, 0.717) is 22.3 Å². The van der Waals surface area contributed by atoms with Crippen LogP contribution < -0.4 is 16.0 Å². The summed E-state index contributed by atoms with van der Waals surface area (Å²) < 4.78 is 42.0. The van der Waals surface area contributed by atoms with Crippen molar-refractivity contribution < 1.29 is 22.7 Å². The monoisotopic (exact) mass is 336 g/mol. The fraction of sp³-hybridized carbons (Fsp3) is 0.0667. The van der Waals surface area contributed by atoms with Crippen molar-refractivity contribution in [2.45, 2.75) is 6.36 Å². The number of nitrogen functional groups attached to an aromatic ring is 1. The van der Waals surface area contributed by atoms with Crippen LogP contribution >= 0.6 is 0 Å². The highest BCUT2D eigenvalue weighted by molar-refractivity contribution is 5.97. The first-order valence-corrected chi connectivity index (χ1v) is 6.71. The van der Waals surface area contributed by atoms with Gasteiger partial charge in [-0.1, -0.05) is 0 Å². The number of hydrogen-bond donors (Lipinski definition) is 2. The van der Waals surface area contributed by atoms with Crippen LogP contribution in [0.3, 0.4) is 0 Å². The number of ether oxygens (including phenoxy) is 1. The van der Waals surface area contributed by atoms with Gasteiger partial charge in [0.15, 0.2) is 0 Å². The molecule has 0 saturated carbocycles. The maximum Gasteiger partial charge on any atom is 0.573 e. The summed E-state index contributed by atoms with van der Waals surface area (Å²) in [6.45, 7) is 0. The molecule has 3 aromatic rings. The molecule has 0 saturated heterocycles. The topological polar surface area (TPSA) is 82.2 Å². The van der Waals surface area contributed by atoms with E-state index < -0.39 is 12.3 Å². The molecule has 3 rings (SSSR count). The van der Waals surface area contributed by atoms with Gasteiger partial charge in [0.1, 0.15) is 12.1 Å². The molecule has 9 heteroatoms. The summed E-state index contributed by atoms with van der Waals surface area (Å²) in [5, 5.41) is 0. The number of carbonyl (C=O) groups is 1. The molecule has 0 radical (unpaired) electrons. The van der Waals surface area contributed by atoms with Crippen LogP contribution in [-0.4, -0.2) is 21.8 Å². The molecule has 24 heavy (non-hydrogen) atoms. The summed E-state index contributed by atoms with van der Waals surface area (Å²) in [5.41, 5.74) is 4.17. The van der Waals surface area contributed by atoms with Gasteiger partial charge in [0.25, 0.3) is 5.91 Å². The number of nitrogens with two attached hydrogens (primary N) is 1. The number of carbonyl (C=O) groups excluding carboxylic acids is 1. The molecule has 0 unspecified atom stereocenters. The molecule has 6 nitrogen and oxygen atoms in total. The van der Waals surface area contributed by atoms with Gasteiger partial charge in [-0.25, -0.2) is 10.8 Å². The first-order valence-electron chi connectivity index (χ1n) is 6.71. The zero-order valence-electron chi connectivity index (χ0n) is 12.0. The van der Waals surface area contributed by atoms with Crippen LogP contribution in [0.1, 0.15) is 10.4 Å². The first-order chi connectivity index (χ1) is 11.4. The number of nitrogens with one attached hydrogen (secondary N) is 1. The van der Waals surface area contributed by atoms with E-state index in [1.54, 1.807) is 22.8 Å². The number of hydrogen-bond acceptors (Lipinski definition) is 4. The molecule has 2 aromatic carbocycles. The average molecular weight is 336 g/mol. The van der Waals surface area contributed by atoms with Gasteiger partial charge in [0, 0.05) is 11.3 Å². The number of amides is 1. The molecule has 0 aliphatic carbocycles. The smallest absolute Gasteiger partial charge is 0.406 e. The Bertz CT molecular complexity index is 888. The van der Waals surface area contributed by atoms with Gasteiger partial charge in [-0.05, 0) is 42.5 Å². The van der Waals surface area contributed by atoms with Gasteiger partial charge in [0.2, 0.25) is 0 Å². The minimum Gasteiger partial charge on any atom is -0.406 e. The summed E-state index contributed by atoms with van der Waals surface area (Å²) in [6.07, 6.45) is -3.23. The van der Waals surface area contributed by atoms with Crippen LogP contribution in [0.4, 0.5) is 13.2 Å². The number of aromatic nitrogens is 2. The molecule has 0 fully saturated rings. The van der Waals surface area contributed by atoms with Gasteiger partial charge >= 0.3 is 6.36 Å². The van der Waals surface area contributed by atoms with E-state index in [2.05, 4.69) is 9.72 Å². The second-order valence-electron chi connectivity index (χ2n) is 4.83. The van der Waals surface area contributed by atoms with Crippen LogP contribution in [0, 0.1) is 0 Å². The zero-order chi connectivity index (χ0) is 17.3. The Morgan fingerprint density at radius 1 is 1.17 bits per heavy atom. The van der Waals surface area contributed by atoms with Crippen molar-refractivity contribution in [1.29, 1.82) is 0 Å². The van der Waals surface area contributed by atoms with Crippen LogP contribution in [0.5, 0.6) is 5.75 Å². The lowest BCUT2D eigenvalue weighted by atomic mass is 10.2. The fourth-order valence-corrected chi connectivity index (χ4v) is 2.25. The predicted molar refractivity (Wildman–Crippen MR) is 79.4 cm³/mol. The molecule has 0 aliphatic heterocycles. The van der Waals surface area contributed by atoms with E-state index in [4.69, 9.17) is 5.84 Å². The Morgan fingerprint density at radius 2 is 1.88 bits per heavy atom. The number of benzene rings is 2. The highest BCUT2D eigenvalue weighted by Crippen LogP contribution is 2.25. The number of rotatable bonds is 3. The largest absolute Gasteiger partial charge is 0.573 e. The quantitative estimate of drug-likeness (QED) is 0.437. The molecule has 0 spiro atoms. The maximum absolute atomic E-state index is 12.2. The third kappa shape index (κ3) is 3.15. The number of hydrazine groups is 1. The van der Waals surface area contributed by atoms with Gasteiger partial charge in [0.05, 0.1) is 11.0 Å². The maximum atomic E-state index is 12.2. The van der Waals surface area contributed by atoms with E-state index >= 15 is 0 Å². The molecular formula is C15H11F3N4O2. The molecule has 0 atom stereocenters. The number of nitrogens with zero attached hydrogens (tertiary/aromatic N) is 2. The van der Waals surface area contributed by atoms with Crippen LogP contribution in [-0.2, 0) is 0 Å². The van der Waals surface area contributed by atoms with Crippen molar-refractivity contribution in [1.82, 2.24) is 15.0 Å². The van der Waals surface area contributed by atoms with Crippen molar-refractivity contribution in [3.05, 3.63) is 54.4 Å². The normalized spacial score (nSPS) is 11.5. The second-order valence-corrected chi connectivity index (χ2v) is 4.83. The highest BCUT2D eigenvalue weighted by atomic mass is 19.4. The van der Waals surface area contributed by atoms with E-state index in [0.717, 1.165) is 0 Å². The lowest BCUT2D eigenvalue weighted by molar-refractivity contribution is -0.274.